The van der Waals surface area contributed by atoms with Crippen LogP contribution < -0.4 is 11.5 Å². The van der Waals surface area contributed by atoms with Crippen LogP contribution >= 0.6 is 0 Å². The number of hydrogen-bond acceptors (Lipinski definition) is 2. The van der Waals surface area contributed by atoms with Crippen LogP contribution in [0.25, 0.3) is 0 Å². The largest absolute Gasteiger partial charge is 0.398 e. The molecule has 0 atom stereocenters. The predicted molar refractivity (Wildman–Crippen MR) is 61.4 cm³/mol. The number of nitrogen functional groups attached to an aromatic ring is 1. The van der Waals surface area contributed by atoms with Crippen molar-refractivity contribution in [3.05, 3.63) is 29.8 Å². The number of para-hydroxylation sites is 1. The Morgan fingerprint density at radius 2 is 1.46 bits per heavy atom. The Balaban J connectivity index is 0. The van der Waals surface area contributed by atoms with E-state index in [-0.39, 0.29) is 0 Å². The van der Waals surface area contributed by atoms with E-state index in [1.165, 1.54) is 0 Å². The molecule has 0 aliphatic heterocycles. The van der Waals surface area contributed by atoms with Gasteiger partial charge in [-0.3, -0.25) is 0 Å². The lowest BCUT2D eigenvalue weighted by molar-refractivity contribution is 1.08. The van der Waals surface area contributed by atoms with Crippen molar-refractivity contribution < 1.29 is 0 Å². The van der Waals surface area contributed by atoms with E-state index in [0.717, 1.165) is 11.3 Å². The minimum absolute atomic E-state index is 0.521. The van der Waals surface area contributed by atoms with Crippen LogP contribution in [0.3, 0.4) is 0 Å². The van der Waals surface area contributed by atoms with Crippen LogP contribution in [0.2, 0.25) is 0 Å². The van der Waals surface area contributed by atoms with Crippen molar-refractivity contribution in [2.24, 2.45) is 5.73 Å². The molecule has 0 spiro atoms. The summed E-state index contributed by atoms with van der Waals surface area (Å²) in [6.07, 6.45) is 0. The lowest BCUT2D eigenvalue weighted by Crippen LogP contribution is -2.00. The van der Waals surface area contributed by atoms with Gasteiger partial charge in [-0.2, -0.15) is 0 Å². The summed E-state index contributed by atoms with van der Waals surface area (Å²) in [5.41, 5.74) is 12.7. The standard InChI is InChI=1S/C7H10N2.2C2H6/c8-5-6-3-1-2-4-7(6)9;2*1-2/h1-4H,5,8-9H2;2*1-2H3. The molecule has 0 unspecified atom stereocenters. The van der Waals surface area contributed by atoms with Crippen molar-refractivity contribution in [2.75, 3.05) is 5.73 Å². The van der Waals surface area contributed by atoms with Gasteiger partial charge in [0.2, 0.25) is 0 Å². The zero-order valence-corrected chi connectivity index (χ0v) is 9.17. The van der Waals surface area contributed by atoms with Crippen molar-refractivity contribution in [1.82, 2.24) is 0 Å². The summed E-state index contributed by atoms with van der Waals surface area (Å²) in [5.74, 6) is 0. The molecule has 13 heavy (non-hydrogen) atoms. The van der Waals surface area contributed by atoms with Crippen LogP contribution in [-0.2, 0) is 6.54 Å². The maximum Gasteiger partial charge on any atom is 0.0359 e. The molecule has 2 nitrogen and oxygen atoms in total. The molecule has 0 aromatic heterocycles. The van der Waals surface area contributed by atoms with E-state index in [9.17, 15) is 0 Å². The van der Waals surface area contributed by atoms with Gasteiger partial charge in [0.1, 0.15) is 0 Å². The summed E-state index contributed by atoms with van der Waals surface area (Å²) in [7, 11) is 0. The van der Waals surface area contributed by atoms with E-state index in [4.69, 9.17) is 11.5 Å². The molecule has 1 aromatic carbocycles. The fraction of sp³-hybridized carbons (Fsp3) is 0.455. The molecule has 0 saturated heterocycles. The van der Waals surface area contributed by atoms with Crippen LogP contribution in [0.5, 0.6) is 0 Å². The van der Waals surface area contributed by atoms with Gasteiger partial charge < -0.3 is 11.5 Å². The fourth-order valence-corrected chi connectivity index (χ4v) is 0.720. The van der Waals surface area contributed by atoms with Crippen molar-refractivity contribution in [1.29, 1.82) is 0 Å². The molecule has 0 radical (unpaired) electrons. The first-order valence-electron chi connectivity index (χ1n) is 4.88. The molecule has 4 N–H and O–H groups in total. The highest BCUT2D eigenvalue weighted by Crippen LogP contribution is 2.07. The third-order valence-corrected chi connectivity index (χ3v) is 1.28. The molecule has 0 aliphatic carbocycles. The molecule has 0 saturated carbocycles. The smallest absolute Gasteiger partial charge is 0.0359 e. The molecular formula is C11H22N2. The molecule has 0 fully saturated rings. The van der Waals surface area contributed by atoms with Gasteiger partial charge in [-0.15, -0.1) is 0 Å². The first kappa shape index (κ1) is 14.5. The zero-order chi connectivity index (χ0) is 10.7. The van der Waals surface area contributed by atoms with Crippen LogP contribution in [0.15, 0.2) is 24.3 Å². The van der Waals surface area contributed by atoms with Gasteiger partial charge >= 0.3 is 0 Å². The average Bonchev–Trinajstić information content (AvgIpc) is 2.24. The highest BCUT2D eigenvalue weighted by atomic mass is 14.6. The Morgan fingerprint density at radius 1 is 1.00 bits per heavy atom. The van der Waals surface area contributed by atoms with E-state index in [2.05, 4.69) is 0 Å². The van der Waals surface area contributed by atoms with E-state index in [0.29, 0.717) is 6.54 Å². The highest BCUT2D eigenvalue weighted by Gasteiger charge is 1.90. The summed E-state index contributed by atoms with van der Waals surface area (Å²) in [4.78, 5) is 0. The second-order valence-electron chi connectivity index (χ2n) is 1.90. The molecular weight excluding hydrogens is 160 g/mol. The van der Waals surface area contributed by atoms with Crippen molar-refractivity contribution in [3.63, 3.8) is 0 Å². The molecule has 0 aliphatic rings. The number of rotatable bonds is 1. The van der Waals surface area contributed by atoms with Crippen LogP contribution in [0.1, 0.15) is 33.3 Å². The average molecular weight is 182 g/mol. The quantitative estimate of drug-likeness (QED) is 0.656. The number of hydrogen-bond donors (Lipinski definition) is 2. The second-order valence-corrected chi connectivity index (χ2v) is 1.90. The van der Waals surface area contributed by atoms with Gasteiger partial charge in [0.25, 0.3) is 0 Å². The van der Waals surface area contributed by atoms with E-state index in [1.807, 2.05) is 52.0 Å². The summed E-state index contributed by atoms with van der Waals surface area (Å²) in [6, 6.07) is 7.60. The lowest BCUT2D eigenvalue weighted by atomic mass is 10.2. The van der Waals surface area contributed by atoms with Gasteiger partial charge in [0.15, 0.2) is 0 Å². The first-order valence-corrected chi connectivity index (χ1v) is 4.88. The van der Waals surface area contributed by atoms with Crippen molar-refractivity contribution in [3.8, 4) is 0 Å². The van der Waals surface area contributed by atoms with Gasteiger partial charge in [-0.05, 0) is 11.6 Å². The van der Waals surface area contributed by atoms with Gasteiger partial charge in [-0.25, -0.2) is 0 Å². The molecule has 2 heteroatoms. The van der Waals surface area contributed by atoms with Gasteiger partial charge in [0.05, 0.1) is 0 Å². The van der Waals surface area contributed by atoms with Gasteiger partial charge in [0, 0.05) is 12.2 Å². The molecule has 0 bridgehead atoms. The molecule has 0 heterocycles. The van der Waals surface area contributed by atoms with Gasteiger partial charge in [-0.1, -0.05) is 45.9 Å². The topological polar surface area (TPSA) is 52.0 Å². The minimum Gasteiger partial charge on any atom is -0.398 e. The SMILES string of the molecule is CC.CC.NCc1ccccc1N. The van der Waals surface area contributed by atoms with E-state index in [1.54, 1.807) is 0 Å². The second kappa shape index (κ2) is 11.0. The lowest BCUT2D eigenvalue weighted by Gasteiger charge is -1.98. The Labute approximate surface area is 81.9 Å². The highest BCUT2D eigenvalue weighted by molar-refractivity contribution is 5.45. The van der Waals surface area contributed by atoms with Crippen LogP contribution in [0, 0.1) is 0 Å². The third kappa shape index (κ3) is 6.17. The maximum atomic E-state index is 5.55. The number of benzene rings is 1. The minimum atomic E-state index is 0.521. The summed E-state index contributed by atoms with van der Waals surface area (Å²) >= 11 is 0. The van der Waals surface area contributed by atoms with E-state index >= 15 is 0 Å². The normalized spacial score (nSPS) is 7.46. The number of nitrogens with two attached hydrogens (primary N) is 2. The Kier molecular flexibility index (Phi) is 12.2. The molecule has 76 valence electrons. The summed E-state index contributed by atoms with van der Waals surface area (Å²) < 4.78 is 0. The monoisotopic (exact) mass is 182 g/mol. The molecule has 1 aromatic rings. The third-order valence-electron chi connectivity index (χ3n) is 1.28. The van der Waals surface area contributed by atoms with Crippen LogP contribution in [-0.4, -0.2) is 0 Å². The summed E-state index contributed by atoms with van der Waals surface area (Å²) in [5, 5.41) is 0. The Hall–Kier alpha value is -1.02. The zero-order valence-electron chi connectivity index (χ0n) is 9.17. The molecule has 1 rings (SSSR count). The van der Waals surface area contributed by atoms with E-state index < -0.39 is 0 Å². The maximum absolute atomic E-state index is 5.55. The number of anilines is 1. The summed E-state index contributed by atoms with van der Waals surface area (Å²) in [6.45, 7) is 8.52. The Bertz CT molecular complexity index is 197. The molecule has 0 amide bonds. The van der Waals surface area contributed by atoms with Crippen molar-refractivity contribution >= 4 is 5.69 Å². The predicted octanol–water partition coefficient (Wildman–Crippen LogP) is 2.78. The first-order chi connectivity index (χ1) is 6.34. The van der Waals surface area contributed by atoms with Crippen LogP contribution in [0.4, 0.5) is 5.69 Å². The fourth-order valence-electron chi connectivity index (χ4n) is 0.720. The Morgan fingerprint density at radius 3 is 1.77 bits per heavy atom. The van der Waals surface area contributed by atoms with Crippen molar-refractivity contribution in [2.45, 2.75) is 34.2 Å².